The molecular weight excluding hydrogens is 379 g/mol. The standard InChI is InChI=1S/C26H31FO3/c1-6-19-16-22(25(30-14-13-27)23(17-19)26(3,4)5)21-10-8-7-9-20(21)12-11-18(2)15-24(28)29/h7-12,15-17H,6,13-14H2,1-5H3,(H,28,29)/b12-11+,18-15+. The highest BCUT2D eigenvalue weighted by atomic mass is 19.1. The van der Waals surface area contributed by atoms with Gasteiger partial charge in [0.15, 0.2) is 0 Å². The van der Waals surface area contributed by atoms with E-state index in [1.807, 2.05) is 30.3 Å². The molecule has 0 aliphatic carbocycles. The van der Waals surface area contributed by atoms with Crippen LogP contribution in [0.4, 0.5) is 4.39 Å². The van der Waals surface area contributed by atoms with E-state index in [0.717, 1.165) is 28.7 Å². The van der Waals surface area contributed by atoms with Crippen molar-refractivity contribution in [1.29, 1.82) is 0 Å². The van der Waals surface area contributed by atoms with Gasteiger partial charge >= 0.3 is 5.97 Å². The predicted molar refractivity (Wildman–Crippen MR) is 122 cm³/mol. The molecule has 2 rings (SSSR count). The maximum absolute atomic E-state index is 13.0. The van der Waals surface area contributed by atoms with Crippen molar-refractivity contribution in [2.45, 2.75) is 46.5 Å². The number of aliphatic carboxylic acids is 1. The second-order valence-electron chi connectivity index (χ2n) is 8.31. The Morgan fingerprint density at radius 1 is 1.17 bits per heavy atom. The second-order valence-corrected chi connectivity index (χ2v) is 8.31. The third kappa shape index (κ3) is 6.06. The monoisotopic (exact) mass is 410 g/mol. The van der Waals surface area contributed by atoms with Gasteiger partial charge in [-0.1, -0.05) is 70.2 Å². The van der Waals surface area contributed by atoms with Gasteiger partial charge in [0.2, 0.25) is 0 Å². The number of aryl methyl sites for hydroxylation is 1. The molecule has 0 atom stereocenters. The van der Waals surface area contributed by atoms with Crippen molar-refractivity contribution in [3.8, 4) is 16.9 Å². The summed E-state index contributed by atoms with van der Waals surface area (Å²) in [4.78, 5) is 10.9. The van der Waals surface area contributed by atoms with Crippen LogP contribution in [0.5, 0.6) is 5.75 Å². The van der Waals surface area contributed by atoms with Crippen molar-refractivity contribution in [2.24, 2.45) is 0 Å². The van der Waals surface area contributed by atoms with Crippen molar-refractivity contribution >= 4 is 12.0 Å². The van der Waals surface area contributed by atoms with E-state index in [0.29, 0.717) is 11.3 Å². The molecule has 0 bridgehead atoms. The average Bonchev–Trinajstić information content (AvgIpc) is 2.69. The first-order chi connectivity index (χ1) is 14.2. The van der Waals surface area contributed by atoms with Gasteiger partial charge < -0.3 is 9.84 Å². The molecule has 0 aliphatic heterocycles. The third-order valence-corrected chi connectivity index (χ3v) is 4.82. The molecule has 0 fully saturated rings. The molecule has 0 aromatic heterocycles. The molecule has 0 saturated carbocycles. The SMILES string of the molecule is CCc1cc(-c2ccccc2/C=C/C(C)=C/C(=O)O)c(OCCF)c(C(C)(C)C)c1. The number of carboxylic acid groups (broad SMARTS) is 1. The van der Waals surface area contributed by atoms with Crippen molar-refractivity contribution in [2.75, 3.05) is 13.3 Å². The lowest BCUT2D eigenvalue weighted by atomic mass is 9.82. The molecule has 0 heterocycles. The Labute approximate surface area is 178 Å². The number of ether oxygens (including phenoxy) is 1. The Morgan fingerprint density at radius 3 is 2.47 bits per heavy atom. The highest BCUT2D eigenvalue weighted by molar-refractivity contribution is 5.83. The maximum Gasteiger partial charge on any atom is 0.328 e. The quantitative estimate of drug-likeness (QED) is 0.394. The van der Waals surface area contributed by atoms with Gasteiger partial charge in [-0.15, -0.1) is 0 Å². The lowest BCUT2D eigenvalue weighted by molar-refractivity contribution is -0.131. The summed E-state index contributed by atoms with van der Waals surface area (Å²) in [6, 6.07) is 12.1. The number of hydrogen-bond acceptors (Lipinski definition) is 2. The fourth-order valence-electron chi connectivity index (χ4n) is 3.30. The molecule has 0 saturated heterocycles. The van der Waals surface area contributed by atoms with Crippen LogP contribution in [0.3, 0.4) is 0 Å². The number of halogens is 1. The summed E-state index contributed by atoms with van der Waals surface area (Å²) in [5, 5.41) is 8.94. The Morgan fingerprint density at radius 2 is 1.87 bits per heavy atom. The summed E-state index contributed by atoms with van der Waals surface area (Å²) in [6.45, 7) is 9.68. The van der Waals surface area contributed by atoms with E-state index < -0.39 is 12.6 Å². The maximum atomic E-state index is 13.0. The summed E-state index contributed by atoms with van der Waals surface area (Å²) in [5.74, 6) is -0.270. The molecule has 30 heavy (non-hydrogen) atoms. The van der Waals surface area contributed by atoms with Crippen LogP contribution in [0, 0.1) is 0 Å². The van der Waals surface area contributed by atoms with E-state index in [-0.39, 0.29) is 12.0 Å². The summed E-state index contributed by atoms with van der Waals surface area (Å²) >= 11 is 0. The minimum atomic E-state index is -0.974. The third-order valence-electron chi connectivity index (χ3n) is 4.82. The Balaban J connectivity index is 2.71. The van der Waals surface area contributed by atoms with Crippen molar-refractivity contribution < 1.29 is 19.0 Å². The van der Waals surface area contributed by atoms with Gasteiger partial charge in [-0.3, -0.25) is 0 Å². The second kappa shape index (κ2) is 10.2. The minimum Gasteiger partial charge on any atom is -0.490 e. The normalized spacial score (nSPS) is 12.4. The minimum absolute atomic E-state index is 0.0000152. The zero-order chi connectivity index (χ0) is 22.3. The van der Waals surface area contributed by atoms with Crippen LogP contribution in [0.15, 0.2) is 54.1 Å². The summed E-state index contributed by atoms with van der Waals surface area (Å²) < 4.78 is 18.9. The van der Waals surface area contributed by atoms with Gasteiger partial charge in [0.1, 0.15) is 19.0 Å². The van der Waals surface area contributed by atoms with Crippen LogP contribution in [0.2, 0.25) is 0 Å². The van der Waals surface area contributed by atoms with Crippen LogP contribution in [-0.2, 0) is 16.6 Å². The summed E-state index contributed by atoms with van der Waals surface area (Å²) in [5.41, 5.74) is 5.53. The number of carbonyl (C=O) groups is 1. The zero-order valence-electron chi connectivity index (χ0n) is 18.5. The number of rotatable bonds is 8. The number of hydrogen-bond donors (Lipinski definition) is 1. The summed E-state index contributed by atoms with van der Waals surface area (Å²) in [7, 11) is 0. The molecular formula is C26H31FO3. The van der Waals surface area contributed by atoms with Gasteiger partial charge in [-0.05, 0) is 47.1 Å². The molecule has 0 radical (unpaired) electrons. The largest absolute Gasteiger partial charge is 0.490 e. The average molecular weight is 411 g/mol. The molecule has 1 N–H and O–H groups in total. The van der Waals surface area contributed by atoms with E-state index in [9.17, 15) is 9.18 Å². The first-order valence-corrected chi connectivity index (χ1v) is 10.2. The van der Waals surface area contributed by atoms with E-state index in [4.69, 9.17) is 9.84 Å². The molecule has 4 heteroatoms. The van der Waals surface area contributed by atoms with E-state index in [1.165, 1.54) is 11.6 Å². The van der Waals surface area contributed by atoms with Crippen LogP contribution >= 0.6 is 0 Å². The highest BCUT2D eigenvalue weighted by Gasteiger charge is 2.24. The highest BCUT2D eigenvalue weighted by Crippen LogP contribution is 2.42. The number of allylic oxidation sites excluding steroid dienone is 2. The first kappa shape index (κ1) is 23.4. The first-order valence-electron chi connectivity index (χ1n) is 10.2. The fraction of sp³-hybridized carbons (Fsp3) is 0.346. The van der Waals surface area contributed by atoms with Gasteiger partial charge in [0, 0.05) is 17.2 Å². The Kier molecular flexibility index (Phi) is 7.99. The smallest absolute Gasteiger partial charge is 0.328 e. The van der Waals surface area contributed by atoms with Crippen LogP contribution in [0.25, 0.3) is 17.2 Å². The van der Waals surface area contributed by atoms with Crippen molar-refractivity contribution in [3.05, 3.63) is 70.8 Å². The van der Waals surface area contributed by atoms with Crippen LogP contribution in [0.1, 0.15) is 51.3 Å². The van der Waals surface area contributed by atoms with Gasteiger partial charge in [0.25, 0.3) is 0 Å². The van der Waals surface area contributed by atoms with E-state index in [2.05, 4.69) is 39.8 Å². The van der Waals surface area contributed by atoms with Crippen molar-refractivity contribution in [3.63, 3.8) is 0 Å². The molecule has 0 spiro atoms. The number of benzene rings is 2. The van der Waals surface area contributed by atoms with Crippen LogP contribution < -0.4 is 4.74 Å². The molecule has 0 unspecified atom stereocenters. The van der Waals surface area contributed by atoms with Crippen LogP contribution in [-0.4, -0.2) is 24.4 Å². The Hall–Kier alpha value is -2.88. The lowest BCUT2D eigenvalue weighted by Gasteiger charge is -2.26. The molecule has 3 nitrogen and oxygen atoms in total. The number of alkyl halides is 1. The molecule has 2 aromatic carbocycles. The molecule has 0 aliphatic rings. The van der Waals surface area contributed by atoms with Gasteiger partial charge in [-0.2, -0.15) is 0 Å². The number of carboxylic acids is 1. The van der Waals surface area contributed by atoms with E-state index in [1.54, 1.807) is 13.0 Å². The topological polar surface area (TPSA) is 46.5 Å². The lowest BCUT2D eigenvalue weighted by Crippen LogP contribution is -2.16. The summed E-state index contributed by atoms with van der Waals surface area (Å²) in [6.07, 6.45) is 5.73. The predicted octanol–water partition coefficient (Wildman–Crippen LogP) is 6.61. The zero-order valence-corrected chi connectivity index (χ0v) is 18.5. The molecule has 0 amide bonds. The Bertz CT molecular complexity index is 949. The fourth-order valence-corrected chi connectivity index (χ4v) is 3.30. The van der Waals surface area contributed by atoms with Gasteiger partial charge in [0.05, 0.1) is 0 Å². The van der Waals surface area contributed by atoms with E-state index >= 15 is 0 Å². The van der Waals surface area contributed by atoms with Crippen molar-refractivity contribution in [1.82, 2.24) is 0 Å². The van der Waals surface area contributed by atoms with Gasteiger partial charge in [-0.25, -0.2) is 9.18 Å². The molecule has 160 valence electrons. The molecule has 2 aromatic rings.